The lowest BCUT2D eigenvalue weighted by molar-refractivity contribution is 0.320. The molecule has 0 bridgehead atoms. The Bertz CT molecular complexity index is 133. The molecule has 1 fully saturated rings. The molecule has 0 heterocycles. The Morgan fingerprint density at radius 1 is 1.33 bits per heavy atom. The maximum Gasteiger partial charge on any atom is 0.00493 e. The zero-order chi connectivity index (χ0) is 9.03. The maximum absolute atomic E-state index is 2.56. The molecule has 0 nitrogen and oxygen atoms in total. The fourth-order valence-electron chi connectivity index (χ4n) is 2.18. The molecule has 0 saturated heterocycles. The van der Waals surface area contributed by atoms with Crippen LogP contribution in [0.3, 0.4) is 0 Å². The summed E-state index contributed by atoms with van der Waals surface area (Å²) in [6.07, 6.45) is 8.77. The van der Waals surface area contributed by atoms with Crippen molar-refractivity contribution in [2.24, 2.45) is 11.3 Å². The van der Waals surface area contributed by atoms with Crippen molar-refractivity contribution in [2.75, 3.05) is 4.43 Å². The molecule has 1 heteroatoms. The average molecular weight is 280 g/mol. The molecular weight excluding hydrogens is 259 g/mol. The summed E-state index contributed by atoms with van der Waals surface area (Å²) in [5.74, 6) is 1.04. The molecule has 0 spiro atoms. The van der Waals surface area contributed by atoms with Crippen LogP contribution in [0, 0.1) is 11.3 Å². The maximum atomic E-state index is 2.56. The van der Waals surface area contributed by atoms with Crippen molar-refractivity contribution in [3.8, 4) is 0 Å². The second-order valence-corrected chi connectivity index (χ2v) is 5.41. The van der Waals surface area contributed by atoms with E-state index in [9.17, 15) is 0 Å². The molecule has 1 aliphatic rings. The van der Waals surface area contributed by atoms with Crippen LogP contribution in [0.2, 0.25) is 0 Å². The predicted octanol–water partition coefficient (Wildman–Crippen LogP) is 4.42. The molecule has 0 radical (unpaired) electrons. The van der Waals surface area contributed by atoms with Gasteiger partial charge in [-0.3, -0.25) is 0 Å². The third-order valence-corrected chi connectivity index (χ3v) is 5.29. The van der Waals surface area contributed by atoms with Gasteiger partial charge >= 0.3 is 0 Å². The van der Waals surface area contributed by atoms with E-state index < -0.39 is 0 Å². The number of alkyl halides is 1. The van der Waals surface area contributed by atoms with Gasteiger partial charge in [0.1, 0.15) is 0 Å². The highest BCUT2D eigenvalue weighted by Gasteiger charge is 2.26. The highest BCUT2D eigenvalue weighted by Crippen LogP contribution is 2.38. The first-order valence-corrected chi connectivity index (χ1v) is 6.79. The van der Waals surface area contributed by atoms with Gasteiger partial charge in [0.15, 0.2) is 0 Å². The molecule has 0 N–H and O–H groups in total. The zero-order valence-electron chi connectivity index (χ0n) is 8.41. The quantitative estimate of drug-likeness (QED) is 0.399. The first-order chi connectivity index (χ1) is 5.70. The van der Waals surface area contributed by atoms with E-state index in [4.69, 9.17) is 0 Å². The van der Waals surface area contributed by atoms with Gasteiger partial charge < -0.3 is 0 Å². The average Bonchev–Trinajstić information content (AvgIpc) is 2.28. The van der Waals surface area contributed by atoms with Crippen LogP contribution in [-0.2, 0) is 0 Å². The van der Waals surface area contributed by atoms with Crippen molar-refractivity contribution in [3.63, 3.8) is 0 Å². The van der Waals surface area contributed by atoms with Crippen LogP contribution in [-0.4, -0.2) is 4.43 Å². The Balaban J connectivity index is 2.44. The van der Waals surface area contributed by atoms with Crippen LogP contribution in [0.15, 0.2) is 0 Å². The highest BCUT2D eigenvalue weighted by molar-refractivity contribution is 14.1. The third kappa shape index (κ3) is 2.90. The van der Waals surface area contributed by atoms with Crippen LogP contribution >= 0.6 is 22.6 Å². The molecule has 12 heavy (non-hydrogen) atoms. The molecule has 0 aromatic heterocycles. The van der Waals surface area contributed by atoms with Crippen molar-refractivity contribution >= 4 is 22.6 Å². The summed E-state index contributed by atoms with van der Waals surface area (Å²) in [4.78, 5) is 0. The van der Waals surface area contributed by atoms with Gasteiger partial charge in [0, 0.05) is 4.43 Å². The standard InChI is InChI=1S/C11H21I/c1-3-10-5-4-7-11(2,9-12)8-6-10/h10H,3-9H2,1-2H3. The van der Waals surface area contributed by atoms with E-state index in [0.29, 0.717) is 5.41 Å². The number of halogens is 1. The smallest absolute Gasteiger partial charge is 0.00493 e. The molecule has 72 valence electrons. The van der Waals surface area contributed by atoms with E-state index in [1.165, 1.54) is 43.0 Å². The minimum atomic E-state index is 0.671. The summed E-state index contributed by atoms with van der Waals surface area (Å²) in [7, 11) is 0. The van der Waals surface area contributed by atoms with E-state index in [0.717, 1.165) is 5.92 Å². The summed E-state index contributed by atoms with van der Waals surface area (Å²) in [5.41, 5.74) is 0.671. The second-order valence-electron chi connectivity index (χ2n) is 4.65. The molecule has 1 aliphatic carbocycles. The Morgan fingerprint density at radius 3 is 2.67 bits per heavy atom. The third-order valence-electron chi connectivity index (χ3n) is 3.45. The lowest BCUT2D eigenvalue weighted by atomic mass is 9.84. The summed E-state index contributed by atoms with van der Waals surface area (Å²) < 4.78 is 1.35. The lowest BCUT2D eigenvalue weighted by Crippen LogP contribution is -2.16. The number of rotatable bonds is 2. The Morgan fingerprint density at radius 2 is 2.08 bits per heavy atom. The van der Waals surface area contributed by atoms with E-state index in [1.54, 1.807) is 0 Å². The normalized spacial score (nSPS) is 37.8. The van der Waals surface area contributed by atoms with Crippen molar-refractivity contribution in [3.05, 3.63) is 0 Å². The van der Waals surface area contributed by atoms with Gasteiger partial charge in [0.05, 0.1) is 0 Å². The van der Waals surface area contributed by atoms with Crippen molar-refractivity contribution in [1.82, 2.24) is 0 Å². The first kappa shape index (κ1) is 10.8. The van der Waals surface area contributed by atoms with Crippen LogP contribution < -0.4 is 0 Å². The fourth-order valence-corrected chi connectivity index (χ4v) is 2.94. The Hall–Kier alpha value is 0.730. The molecular formula is C11H21I. The van der Waals surface area contributed by atoms with Gasteiger partial charge in [-0.15, -0.1) is 0 Å². The summed E-state index contributed by atoms with van der Waals surface area (Å²) in [5, 5.41) is 0. The van der Waals surface area contributed by atoms with Crippen molar-refractivity contribution in [2.45, 2.75) is 52.4 Å². The molecule has 0 amide bonds. The van der Waals surface area contributed by atoms with Gasteiger partial charge in [-0.2, -0.15) is 0 Å². The summed E-state index contributed by atoms with van der Waals surface area (Å²) in [6.45, 7) is 4.81. The SMILES string of the molecule is CCC1CCCC(C)(CI)CC1. The summed E-state index contributed by atoms with van der Waals surface area (Å²) >= 11 is 2.56. The lowest BCUT2D eigenvalue weighted by Gasteiger charge is -2.25. The van der Waals surface area contributed by atoms with E-state index >= 15 is 0 Å². The summed E-state index contributed by atoms with van der Waals surface area (Å²) in [6, 6.07) is 0. The van der Waals surface area contributed by atoms with Crippen LogP contribution in [0.4, 0.5) is 0 Å². The first-order valence-electron chi connectivity index (χ1n) is 5.26. The van der Waals surface area contributed by atoms with Crippen LogP contribution in [0.5, 0.6) is 0 Å². The van der Waals surface area contributed by atoms with Crippen molar-refractivity contribution in [1.29, 1.82) is 0 Å². The fraction of sp³-hybridized carbons (Fsp3) is 1.00. The van der Waals surface area contributed by atoms with Gasteiger partial charge in [0.2, 0.25) is 0 Å². The van der Waals surface area contributed by atoms with E-state index in [-0.39, 0.29) is 0 Å². The largest absolute Gasteiger partial charge is 0.0858 e. The van der Waals surface area contributed by atoms with Gasteiger partial charge in [-0.05, 0) is 30.6 Å². The minimum Gasteiger partial charge on any atom is -0.0858 e. The van der Waals surface area contributed by atoms with Crippen LogP contribution in [0.25, 0.3) is 0 Å². The Labute approximate surface area is 90.6 Å². The van der Waals surface area contributed by atoms with Gasteiger partial charge in [-0.1, -0.05) is 55.7 Å². The van der Waals surface area contributed by atoms with Gasteiger partial charge in [0.25, 0.3) is 0 Å². The van der Waals surface area contributed by atoms with Crippen LogP contribution in [0.1, 0.15) is 52.4 Å². The topological polar surface area (TPSA) is 0 Å². The minimum absolute atomic E-state index is 0.671. The Kier molecular flexibility index (Phi) is 4.35. The molecule has 2 unspecified atom stereocenters. The zero-order valence-corrected chi connectivity index (χ0v) is 10.6. The number of hydrogen-bond acceptors (Lipinski definition) is 0. The van der Waals surface area contributed by atoms with E-state index in [1.807, 2.05) is 0 Å². The molecule has 0 aliphatic heterocycles. The monoisotopic (exact) mass is 280 g/mol. The van der Waals surface area contributed by atoms with Gasteiger partial charge in [-0.25, -0.2) is 0 Å². The molecule has 0 aromatic carbocycles. The predicted molar refractivity (Wildman–Crippen MR) is 63.9 cm³/mol. The highest BCUT2D eigenvalue weighted by atomic mass is 127. The molecule has 2 atom stereocenters. The molecule has 1 rings (SSSR count). The van der Waals surface area contributed by atoms with E-state index in [2.05, 4.69) is 36.4 Å². The number of hydrogen-bond donors (Lipinski definition) is 0. The molecule has 1 saturated carbocycles. The second kappa shape index (κ2) is 4.83. The van der Waals surface area contributed by atoms with Crippen molar-refractivity contribution < 1.29 is 0 Å². The molecule has 0 aromatic rings.